The molecular weight excluding hydrogens is 308 g/mol. The second kappa shape index (κ2) is 6.74. The first-order valence-corrected chi connectivity index (χ1v) is 7.24. The van der Waals surface area contributed by atoms with Crippen molar-refractivity contribution in [3.8, 4) is 0 Å². The van der Waals surface area contributed by atoms with Gasteiger partial charge in [0.15, 0.2) is 0 Å². The number of hydrazine groups is 1. The molecule has 0 saturated carbocycles. The Kier molecular flexibility index (Phi) is 4.33. The number of hydrogen-bond donors (Lipinski definition) is 2. The number of carbonyl (C=O) groups is 2. The fourth-order valence-corrected chi connectivity index (χ4v) is 2.20. The van der Waals surface area contributed by atoms with Crippen LogP contribution < -0.4 is 16.4 Å². The third kappa shape index (κ3) is 3.30. The van der Waals surface area contributed by atoms with Crippen molar-refractivity contribution in [2.75, 3.05) is 0 Å². The summed E-state index contributed by atoms with van der Waals surface area (Å²) < 4.78 is 1.05. The highest BCUT2D eigenvalue weighted by Gasteiger charge is 2.10. The predicted molar refractivity (Wildman–Crippen MR) is 88.1 cm³/mol. The van der Waals surface area contributed by atoms with E-state index in [-0.39, 0.29) is 12.1 Å². The van der Waals surface area contributed by atoms with Crippen LogP contribution in [0.1, 0.15) is 10.4 Å². The molecule has 0 saturated heterocycles. The lowest BCUT2D eigenvalue weighted by molar-refractivity contribution is -0.122. The predicted octanol–water partition coefficient (Wildman–Crippen LogP) is 0.858. The zero-order valence-corrected chi connectivity index (χ0v) is 12.6. The van der Waals surface area contributed by atoms with Crippen molar-refractivity contribution < 1.29 is 9.59 Å². The molecule has 0 atom stereocenters. The molecule has 3 rings (SSSR count). The summed E-state index contributed by atoms with van der Waals surface area (Å²) in [7, 11) is 0. The molecule has 0 fully saturated rings. The second-order valence-electron chi connectivity index (χ2n) is 5.06. The molecule has 1 heterocycles. The first-order valence-electron chi connectivity index (χ1n) is 7.24. The topological polar surface area (TPSA) is 93.1 Å². The summed E-state index contributed by atoms with van der Waals surface area (Å²) in [6.07, 6.45) is 1.52. The van der Waals surface area contributed by atoms with Gasteiger partial charge in [0.2, 0.25) is 0 Å². The number of nitrogens with one attached hydrogen (secondary N) is 2. The van der Waals surface area contributed by atoms with Crippen molar-refractivity contribution >= 4 is 22.6 Å². The van der Waals surface area contributed by atoms with E-state index in [2.05, 4.69) is 16.0 Å². The van der Waals surface area contributed by atoms with Crippen LogP contribution in [0, 0.1) is 0 Å². The Bertz CT molecular complexity index is 951. The number of benzene rings is 2. The molecule has 0 aliphatic rings. The second-order valence-corrected chi connectivity index (χ2v) is 5.06. The van der Waals surface area contributed by atoms with Crippen molar-refractivity contribution in [2.24, 2.45) is 0 Å². The van der Waals surface area contributed by atoms with Crippen LogP contribution in [-0.4, -0.2) is 21.6 Å². The smallest absolute Gasteiger partial charge is 0.271 e. The molecule has 0 unspecified atom stereocenters. The number of carbonyl (C=O) groups excluding carboxylic acids is 2. The van der Waals surface area contributed by atoms with Crippen molar-refractivity contribution in [2.45, 2.75) is 6.54 Å². The molecule has 0 bridgehead atoms. The lowest BCUT2D eigenvalue weighted by Crippen LogP contribution is -2.44. The zero-order chi connectivity index (χ0) is 16.9. The minimum Gasteiger partial charge on any atom is -0.271 e. The van der Waals surface area contributed by atoms with Crippen LogP contribution in [0.25, 0.3) is 10.8 Å². The molecule has 0 aliphatic carbocycles. The van der Waals surface area contributed by atoms with Crippen LogP contribution in [0.3, 0.4) is 0 Å². The van der Waals surface area contributed by atoms with Gasteiger partial charge in [-0.3, -0.25) is 25.2 Å². The molecule has 0 spiro atoms. The average Bonchev–Trinajstić information content (AvgIpc) is 2.63. The normalized spacial score (nSPS) is 10.3. The first kappa shape index (κ1) is 15.4. The van der Waals surface area contributed by atoms with Gasteiger partial charge in [-0.1, -0.05) is 36.4 Å². The zero-order valence-electron chi connectivity index (χ0n) is 12.6. The first-order chi connectivity index (χ1) is 11.6. The van der Waals surface area contributed by atoms with Gasteiger partial charge in [0.05, 0.1) is 11.6 Å². The molecule has 7 nitrogen and oxygen atoms in total. The van der Waals surface area contributed by atoms with Gasteiger partial charge in [-0.25, -0.2) is 4.68 Å². The van der Waals surface area contributed by atoms with E-state index in [1.54, 1.807) is 54.6 Å². The van der Waals surface area contributed by atoms with Gasteiger partial charge in [0, 0.05) is 10.9 Å². The number of rotatable bonds is 3. The standard InChI is InChI=1S/C17H14N4O3/c22-15(19-20-16(23)12-6-2-1-3-7-12)11-21-17(24)14-9-5-4-8-13(14)10-18-21/h1-10H,11H2,(H,19,22)(H,20,23). The Hall–Kier alpha value is -3.48. The van der Waals surface area contributed by atoms with E-state index in [1.165, 1.54) is 6.20 Å². The van der Waals surface area contributed by atoms with E-state index in [0.29, 0.717) is 16.3 Å². The van der Waals surface area contributed by atoms with Crippen LogP contribution in [0.5, 0.6) is 0 Å². The molecule has 7 heteroatoms. The molecule has 2 aromatic carbocycles. The third-order valence-electron chi connectivity index (χ3n) is 3.41. The highest BCUT2D eigenvalue weighted by atomic mass is 16.2. The molecule has 1 aromatic heterocycles. The van der Waals surface area contributed by atoms with Crippen LogP contribution in [-0.2, 0) is 11.3 Å². The number of amides is 2. The average molecular weight is 322 g/mol. The molecule has 0 radical (unpaired) electrons. The number of aromatic nitrogens is 2. The molecular formula is C17H14N4O3. The monoisotopic (exact) mass is 322 g/mol. The van der Waals surface area contributed by atoms with Gasteiger partial charge in [0.1, 0.15) is 6.54 Å². The van der Waals surface area contributed by atoms with Gasteiger partial charge in [0.25, 0.3) is 17.4 Å². The summed E-state index contributed by atoms with van der Waals surface area (Å²) in [4.78, 5) is 36.0. The Labute approximate surface area is 136 Å². The summed E-state index contributed by atoms with van der Waals surface area (Å²) in [6, 6.07) is 15.5. The van der Waals surface area contributed by atoms with Gasteiger partial charge in [-0.05, 0) is 18.2 Å². The lowest BCUT2D eigenvalue weighted by Gasteiger charge is -2.08. The minimum atomic E-state index is -0.552. The molecule has 24 heavy (non-hydrogen) atoms. The largest absolute Gasteiger partial charge is 0.275 e. The summed E-state index contributed by atoms with van der Waals surface area (Å²) in [5, 5.41) is 5.15. The summed E-state index contributed by atoms with van der Waals surface area (Å²) in [6.45, 7) is -0.293. The summed E-state index contributed by atoms with van der Waals surface area (Å²) >= 11 is 0. The van der Waals surface area contributed by atoms with E-state index in [1.807, 2.05) is 0 Å². The van der Waals surface area contributed by atoms with E-state index in [0.717, 1.165) is 4.68 Å². The molecule has 3 aromatic rings. The molecule has 2 N–H and O–H groups in total. The van der Waals surface area contributed by atoms with Crippen molar-refractivity contribution in [1.29, 1.82) is 0 Å². The number of nitrogens with zero attached hydrogens (tertiary/aromatic N) is 2. The van der Waals surface area contributed by atoms with E-state index in [9.17, 15) is 14.4 Å². The number of fused-ring (bicyclic) bond motifs is 1. The van der Waals surface area contributed by atoms with Crippen molar-refractivity contribution in [3.05, 3.63) is 76.7 Å². The van der Waals surface area contributed by atoms with Gasteiger partial charge >= 0.3 is 0 Å². The Morgan fingerprint density at radius 1 is 0.958 bits per heavy atom. The van der Waals surface area contributed by atoms with Crippen molar-refractivity contribution in [1.82, 2.24) is 20.6 Å². The van der Waals surface area contributed by atoms with Crippen LogP contribution >= 0.6 is 0 Å². The fourth-order valence-electron chi connectivity index (χ4n) is 2.20. The highest BCUT2D eigenvalue weighted by molar-refractivity contribution is 5.95. The van der Waals surface area contributed by atoms with Crippen molar-refractivity contribution in [3.63, 3.8) is 0 Å². The van der Waals surface area contributed by atoms with Crippen LogP contribution in [0.4, 0.5) is 0 Å². The third-order valence-corrected chi connectivity index (χ3v) is 3.41. The maximum atomic E-state index is 12.3. The quantitative estimate of drug-likeness (QED) is 0.699. The fraction of sp³-hybridized carbons (Fsp3) is 0.0588. The van der Waals surface area contributed by atoms with Gasteiger partial charge in [-0.15, -0.1) is 0 Å². The maximum absolute atomic E-state index is 12.3. The minimum absolute atomic E-state index is 0.293. The Balaban J connectivity index is 1.66. The SMILES string of the molecule is O=C(Cn1ncc2ccccc2c1=O)NNC(=O)c1ccccc1. The number of hydrogen-bond acceptors (Lipinski definition) is 4. The molecule has 120 valence electrons. The van der Waals surface area contributed by atoms with Gasteiger partial charge < -0.3 is 0 Å². The maximum Gasteiger partial charge on any atom is 0.275 e. The lowest BCUT2D eigenvalue weighted by atomic mass is 10.2. The van der Waals surface area contributed by atoms with Crippen LogP contribution in [0.15, 0.2) is 65.6 Å². The Morgan fingerprint density at radius 2 is 1.67 bits per heavy atom. The van der Waals surface area contributed by atoms with Crippen LogP contribution in [0.2, 0.25) is 0 Å². The highest BCUT2D eigenvalue weighted by Crippen LogP contribution is 2.06. The molecule has 2 amide bonds. The summed E-state index contributed by atoms with van der Waals surface area (Å²) in [5.41, 5.74) is 4.61. The van der Waals surface area contributed by atoms with E-state index < -0.39 is 11.8 Å². The molecule has 0 aliphatic heterocycles. The van der Waals surface area contributed by atoms with E-state index >= 15 is 0 Å². The van der Waals surface area contributed by atoms with E-state index in [4.69, 9.17) is 0 Å². The summed E-state index contributed by atoms with van der Waals surface area (Å²) in [5.74, 6) is -0.994. The Morgan fingerprint density at radius 3 is 2.46 bits per heavy atom. The van der Waals surface area contributed by atoms with Gasteiger partial charge in [-0.2, -0.15) is 5.10 Å².